The summed E-state index contributed by atoms with van der Waals surface area (Å²) >= 11 is 0. The number of benzene rings is 1. The average molecular weight is 241 g/mol. The minimum Gasteiger partial charge on any atom is -0.314 e. The van der Waals surface area contributed by atoms with Gasteiger partial charge in [-0.2, -0.15) is 0 Å². The Morgan fingerprint density at radius 3 is 2.18 bits per heavy atom. The summed E-state index contributed by atoms with van der Waals surface area (Å²) in [4.78, 5) is 0. The van der Waals surface area contributed by atoms with Gasteiger partial charge in [0.1, 0.15) is 11.6 Å². The van der Waals surface area contributed by atoms with Crippen molar-refractivity contribution in [2.45, 2.75) is 39.7 Å². The standard InChI is InChI=1S/C14H21F2N/c1-10(2)6-11(3)17-5-4-12-7-13(15)9-14(16)8-12/h7-11,17H,4-6H2,1-3H3. The molecule has 0 bridgehead atoms. The summed E-state index contributed by atoms with van der Waals surface area (Å²) in [6, 6.07) is 4.11. The summed E-state index contributed by atoms with van der Waals surface area (Å²) < 4.78 is 25.9. The van der Waals surface area contributed by atoms with Crippen molar-refractivity contribution in [3.63, 3.8) is 0 Å². The normalized spacial score (nSPS) is 13.1. The number of hydrogen-bond acceptors (Lipinski definition) is 1. The Hall–Kier alpha value is -0.960. The van der Waals surface area contributed by atoms with E-state index in [2.05, 4.69) is 26.1 Å². The molecule has 1 rings (SSSR count). The molecule has 0 heterocycles. The Morgan fingerprint density at radius 1 is 1.06 bits per heavy atom. The van der Waals surface area contributed by atoms with Crippen LogP contribution in [0.4, 0.5) is 8.78 Å². The van der Waals surface area contributed by atoms with Crippen molar-refractivity contribution in [2.75, 3.05) is 6.54 Å². The van der Waals surface area contributed by atoms with E-state index in [1.165, 1.54) is 12.1 Å². The first kappa shape index (κ1) is 14.1. The Morgan fingerprint density at radius 2 is 1.65 bits per heavy atom. The smallest absolute Gasteiger partial charge is 0.126 e. The fourth-order valence-electron chi connectivity index (χ4n) is 2.01. The fourth-order valence-corrected chi connectivity index (χ4v) is 2.01. The molecule has 1 atom stereocenters. The molecule has 0 aliphatic rings. The van der Waals surface area contributed by atoms with E-state index < -0.39 is 11.6 Å². The molecule has 1 aromatic rings. The van der Waals surface area contributed by atoms with Crippen LogP contribution in [0.3, 0.4) is 0 Å². The second-order valence-corrected chi connectivity index (χ2v) is 5.01. The molecule has 0 amide bonds. The molecular weight excluding hydrogens is 220 g/mol. The first-order valence-electron chi connectivity index (χ1n) is 6.15. The fraction of sp³-hybridized carbons (Fsp3) is 0.571. The van der Waals surface area contributed by atoms with E-state index in [9.17, 15) is 8.78 Å². The van der Waals surface area contributed by atoms with Crippen LogP contribution in [-0.2, 0) is 6.42 Å². The molecular formula is C14H21F2N. The number of halogens is 2. The third-order valence-corrected chi connectivity index (χ3v) is 2.65. The zero-order chi connectivity index (χ0) is 12.8. The van der Waals surface area contributed by atoms with Crippen LogP contribution in [0.5, 0.6) is 0 Å². The van der Waals surface area contributed by atoms with Crippen molar-refractivity contribution >= 4 is 0 Å². The molecule has 0 aromatic heterocycles. The number of nitrogens with one attached hydrogen (secondary N) is 1. The quantitative estimate of drug-likeness (QED) is 0.803. The van der Waals surface area contributed by atoms with Gasteiger partial charge in [0.05, 0.1) is 0 Å². The molecule has 0 aliphatic heterocycles. The summed E-state index contributed by atoms with van der Waals surface area (Å²) in [7, 11) is 0. The molecule has 0 radical (unpaired) electrons. The second kappa shape index (κ2) is 6.70. The lowest BCUT2D eigenvalue weighted by Gasteiger charge is -2.15. The topological polar surface area (TPSA) is 12.0 Å². The molecule has 17 heavy (non-hydrogen) atoms. The highest BCUT2D eigenvalue weighted by atomic mass is 19.1. The maximum Gasteiger partial charge on any atom is 0.126 e. The summed E-state index contributed by atoms with van der Waals surface area (Å²) in [5.41, 5.74) is 0.701. The molecule has 1 aromatic carbocycles. The van der Waals surface area contributed by atoms with Crippen LogP contribution in [0, 0.1) is 17.6 Å². The summed E-state index contributed by atoms with van der Waals surface area (Å²) in [5, 5.41) is 3.36. The van der Waals surface area contributed by atoms with Crippen LogP contribution in [0.2, 0.25) is 0 Å². The molecule has 1 nitrogen and oxygen atoms in total. The lowest BCUT2D eigenvalue weighted by molar-refractivity contribution is 0.444. The first-order chi connectivity index (χ1) is 7.97. The van der Waals surface area contributed by atoms with Crippen molar-refractivity contribution in [3.8, 4) is 0 Å². The molecule has 1 unspecified atom stereocenters. The first-order valence-corrected chi connectivity index (χ1v) is 6.15. The summed E-state index contributed by atoms with van der Waals surface area (Å²) in [6.45, 7) is 7.24. The van der Waals surface area contributed by atoms with Gasteiger partial charge < -0.3 is 5.32 Å². The Balaban J connectivity index is 2.35. The maximum absolute atomic E-state index is 12.9. The molecule has 0 aliphatic carbocycles. The summed E-state index contributed by atoms with van der Waals surface area (Å²) in [5.74, 6) is -0.352. The minimum absolute atomic E-state index is 0.438. The molecule has 96 valence electrons. The van der Waals surface area contributed by atoms with Crippen LogP contribution >= 0.6 is 0 Å². The molecule has 1 N–H and O–H groups in total. The third kappa shape index (κ3) is 5.78. The lowest BCUT2D eigenvalue weighted by Crippen LogP contribution is -2.29. The average Bonchev–Trinajstić information content (AvgIpc) is 2.14. The monoisotopic (exact) mass is 241 g/mol. The van der Waals surface area contributed by atoms with Crippen LogP contribution in [-0.4, -0.2) is 12.6 Å². The molecule has 0 spiro atoms. The Kier molecular flexibility index (Phi) is 5.56. The lowest BCUT2D eigenvalue weighted by atomic mass is 10.0. The predicted octanol–water partition coefficient (Wildman–Crippen LogP) is 3.53. The molecule has 0 saturated heterocycles. The van der Waals surface area contributed by atoms with Crippen LogP contribution < -0.4 is 5.32 Å². The summed E-state index contributed by atoms with van der Waals surface area (Å²) in [6.07, 6.45) is 1.76. The van der Waals surface area contributed by atoms with Crippen molar-refractivity contribution in [1.29, 1.82) is 0 Å². The molecule has 0 fully saturated rings. The van der Waals surface area contributed by atoms with E-state index in [1.54, 1.807) is 0 Å². The highest BCUT2D eigenvalue weighted by molar-refractivity contribution is 5.18. The second-order valence-electron chi connectivity index (χ2n) is 5.01. The highest BCUT2D eigenvalue weighted by Crippen LogP contribution is 2.09. The van der Waals surface area contributed by atoms with Gasteiger partial charge in [-0.25, -0.2) is 8.78 Å². The zero-order valence-corrected chi connectivity index (χ0v) is 10.8. The van der Waals surface area contributed by atoms with Gasteiger partial charge in [0.15, 0.2) is 0 Å². The van der Waals surface area contributed by atoms with Gasteiger partial charge in [0.2, 0.25) is 0 Å². The van der Waals surface area contributed by atoms with E-state index >= 15 is 0 Å². The minimum atomic E-state index is -0.504. The van der Waals surface area contributed by atoms with E-state index in [-0.39, 0.29) is 0 Å². The van der Waals surface area contributed by atoms with Crippen LogP contribution in [0.15, 0.2) is 18.2 Å². The Bertz CT molecular complexity index is 330. The SMILES string of the molecule is CC(C)CC(C)NCCc1cc(F)cc(F)c1. The van der Waals surface area contributed by atoms with Gasteiger partial charge in [-0.15, -0.1) is 0 Å². The van der Waals surface area contributed by atoms with Crippen LogP contribution in [0.25, 0.3) is 0 Å². The highest BCUT2D eigenvalue weighted by Gasteiger charge is 2.05. The maximum atomic E-state index is 12.9. The van der Waals surface area contributed by atoms with E-state index in [0.717, 1.165) is 19.0 Å². The van der Waals surface area contributed by atoms with Crippen molar-refractivity contribution in [3.05, 3.63) is 35.4 Å². The van der Waals surface area contributed by atoms with E-state index in [4.69, 9.17) is 0 Å². The van der Waals surface area contributed by atoms with Crippen molar-refractivity contribution < 1.29 is 8.78 Å². The van der Waals surface area contributed by atoms with E-state index in [0.29, 0.717) is 23.9 Å². The van der Waals surface area contributed by atoms with Gasteiger partial charge in [-0.3, -0.25) is 0 Å². The van der Waals surface area contributed by atoms with Crippen molar-refractivity contribution in [2.24, 2.45) is 5.92 Å². The molecule has 0 saturated carbocycles. The number of hydrogen-bond donors (Lipinski definition) is 1. The van der Waals surface area contributed by atoms with Gasteiger partial charge in [0.25, 0.3) is 0 Å². The van der Waals surface area contributed by atoms with Gasteiger partial charge >= 0.3 is 0 Å². The Labute approximate surface area is 102 Å². The number of rotatable bonds is 6. The van der Waals surface area contributed by atoms with Gasteiger partial charge in [-0.05, 0) is 49.9 Å². The largest absolute Gasteiger partial charge is 0.314 e. The predicted molar refractivity (Wildman–Crippen MR) is 67.0 cm³/mol. The zero-order valence-electron chi connectivity index (χ0n) is 10.8. The van der Waals surface area contributed by atoms with Gasteiger partial charge in [0, 0.05) is 12.1 Å². The van der Waals surface area contributed by atoms with E-state index in [1.807, 2.05) is 0 Å². The molecule has 3 heteroatoms. The third-order valence-electron chi connectivity index (χ3n) is 2.65. The van der Waals surface area contributed by atoms with Crippen molar-refractivity contribution in [1.82, 2.24) is 5.32 Å². The van der Waals surface area contributed by atoms with Gasteiger partial charge in [-0.1, -0.05) is 13.8 Å². The van der Waals surface area contributed by atoms with Crippen LogP contribution in [0.1, 0.15) is 32.8 Å².